The number of nitrogens with one attached hydrogen (secondary N) is 1. The quantitative estimate of drug-likeness (QED) is 0.716. The van der Waals surface area contributed by atoms with Gasteiger partial charge in [0.1, 0.15) is 0 Å². The summed E-state index contributed by atoms with van der Waals surface area (Å²) >= 11 is 0. The lowest BCUT2D eigenvalue weighted by atomic mass is 10.2. The van der Waals surface area contributed by atoms with Crippen molar-refractivity contribution in [1.82, 2.24) is 5.32 Å². The predicted octanol–water partition coefficient (Wildman–Crippen LogP) is 2.39. The van der Waals surface area contributed by atoms with Gasteiger partial charge in [0.25, 0.3) is 0 Å². The van der Waals surface area contributed by atoms with E-state index >= 15 is 0 Å². The molecule has 0 bridgehead atoms. The topological polar surface area (TPSA) is 12.0 Å². The molecule has 1 rings (SSSR count). The Morgan fingerprint density at radius 1 is 1.33 bits per heavy atom. The van der Waals surface area contributed by atoms with Crippen molar-refractivity contribution in [3.63, 3.8) is 0 Å². The van der Waals surface area contributed by atoms with Crippen molar-refractivity contribution in [2.75, 3.05) is 0 Å². The van der Waals surface area contributed by atoms with Crippen molar-refractivity contribution in [3.8, 4) is 0 Å². The highest BCUT2D eigenvalue weighted by Crippen LogP contribution is 1.98. The van der Waals surface area contributed by atoms with E-state index < -0.39 is 0 Å². The van der Waals surface area contributed by atoms with Crippen molar-refractivity contribution in [3.05, 3.63) is 42.8 Å². The fourth-order valence-corrected chi connectivity index (χ4v) is 1.00. The standard InChI is InChI=1S/C11H16N/c1-3-10(2)12-9-11-7-5-4-6-8-11/h4-8,10,12H,2-3,9H2,1H3. The summed E-state index contributed by atoms with van der Waals surface area (Å²) in [7, 11) is 0. The van der Waals surface area contributed by atoms with Crippen LogP contribution >= 0.6 is 0 Å². The van der Waals surface area contributed by atoms with Crippen LogP contribution < -0.4 is 5.32 Å². The molecule has 0 heterocycles. The van der Waals surface area contributed by atoms with E-state index in [9.17, 15) is 0 Å². The van der Waals surface area contributed by atoms with Gasteiger partial charge in [-0.15, -0.1) is 0 Å². The molecule has 0 aliphatic heterocycles. The largest absolute Gasteiger partial charge is 0.310 e. The second kappa shape index (κ2) is 4.94. The molecule has 65 valence electrons. The zero-order valence-corrected chi connectivity index (χ0v) is 7.59. The SMILES string of the molecule is [CH2]C(CC)NCc1ccccc1. The fraction of sp³-hybridized carbons (Fsp3) is 0.364. The second-order valence-electron chi connectivity index (χ2n) is 2.97. The van der Waals surface area contributed by atoms with E-state index in [0.29, 0.717) is 6.04 Å². The van der Waals surface area contributed by atoms with E-state index in [2.05, 4.69) is 43.4 Å². The Morgan fingerprint density at radius 3 is 2.58 bits per heavy atom. The van der Waals surface area contributed by atoms with E-state index in [1.165, 1.54) is 5.56 Å². The molecular formula is C11H16N. The van der Waals surface area contributed by atoms with E-state index in [1.54, 1.807) is 0 Å². The average molecular weight is 162 g/mol. The van der Waals surface area contributed by atoms with Crippen LogP contribution in [-0.2, 0) is 6.54 Å². The van der Waals surface area contributed by atoms with Gasteiger partial charge in [0.15, 0.2) is 0 Å². The molecule has 0 saturated heterocycles. The Bertz CT molecular complexity index is 206. The molecule has 1 atom stereocenters. The summed E-state index contributed by atoms with van der Waals surface area (Å²) in [4.78, 5) is 0. The Balaban J connectivity index is 2.33. The number of hydrogen-bond acceptors (Lipinski definition) is 1. The van der Waals surface area contributed by atoms with Crippen LogP contribution in [0.4, 0.5) is 0 Å². The van der Waals surface area contributed by atoms with Crippen LogP contribution in [0, 0.1) is 6.92 Å². The van der Waals surface area contributed by atoms with Crippen molar-refractivity contribution < 1.29 is 0 Å². The summed E-state index contributed by atoms with van der Waals surface area (Å²) in [6.45, 7) is 7.01. The predicted molar refractivity (Wildman–Crippen MR) is 52.7 cm³/mol. The van der Waals surface area contributed by atoms with E-state index in [-0.39, 0.29) is 0 Å². The molecule has 0 saturated carbocycles. The third-order valence-corrected chi connectivity index (χ3v) is 1.93. The third-order valence-electron chi connectivity index (χ3n) is 1.93. The first-order valence-electron chi connectivity index (χ1n) is 4.43. The van der Waals surface area contributed by atoms with Crippen LogP contribution in [0.1, 0.15) is 18.9 Å². The maximum atomic E-state index is 3.96. The van der Waals surface area contributed by atoms with Gasteiger partial charge in [0.05, 0.1) is 0 Å². The lowest BCUT2D eigenvalue weighted by Gasteiger charge is -2.10. The molecule has 1 N–H and O–H groups in total. The molecule has 1 radical (unpaired) electrons. The zero-order chi connectivity index (χ0) is 8.81. The Hall–Kier alpha value is -0.820. The minimum Gasteiger partial charge on any atom is -0.310 e. The van der Waals surface area contributed by atoms with Gasteiger partial charge in [-0.25, -0.2) is 0 Å². The van der Waals surface area contributed by atoms with Gasteiger partial charge in [0, 0.05) is 12.6 Å². The minimum atomic E-state index is 0.366. The molecule has 1 aromatic carbocycles. The van der Waals surface area contributed by atoms with Gasteiger partial charge in [-0.1, -0.05) is 37.3 Å². The van der Waals surface area contributed by atoms with Crippen molar-refractivity contribution in [2.24, 2.45) is 0 Å². The summed E-state index contributed by atoms with van der Waals surface area (Å²) in [6.07, 6.45) is 1.08. The van der Waals surface area contributed by atoms with Gasteiger partial charge < -0.3 is 5.32 Å². The average Bonchev–Trinajstić information content (AvgIpc) is 2.16. The highest BCUT2D eigenvalue weighted by Gasteiger charge is 1.96. The molecular weight excluding hydrogens is 146 g/mol. The van der Waals surface area contributed by atoms with Crippen LogP contribution in [0.2, 0.25) is 0 Å². The van der Waals surface area contributed by atoms with Gasteiger partial charge in [-0.3, -0.25) is 0 Å². The van der Waals surface area contributed by atoms with Crippen LogP contribution in [0.25, 0.3) is 0 Å². The molecule has 1 heteroatoms. The third kappa shape index (κ3) is 3.05. The summed E-state index contributed by atoms with van der Waals surface area (Å²) in [6, 6.07) is 10.8. The lowest BCUT2D eigenvalue weighted by Crippen LogP contribution is -2.24. The van der Waals surface area contributed by atoms with Gasteiger partial charge in [-0.2, -0.15) is 0 Å². The molecule has 0 fully saturated rings. The Labute approximate surface area is 74.8 Å². The highest BCUT2D eigenvalue weighted by atomic mass is 14.9. The van der Waals surface area contributed by atoms with Crippen molar-refractivity contribution in [2.45, 2.75) is 25.9 Å². The van der Waals surface area contributed by atoms with Gasteiger partial charge in [0.2, 0.25) is 0 Å². The smallest absolute Gasteiger partial charge is 0.0208 e. The normalized spacial score (nSPS) is 12.8. The molecule has 0 spiro atoms. The molecule has 1 aromatic rings. The first-order valence-corrected chi connectivity index (χ1v) is 4.43. The molecule has 12 heavy (non-hydrogen) atoms. The van der Waals surface area contributed by atoms with Crippen molar-refractivity contribution >= 4 is 0 Å². The summed E-state index contributed by atoms with van der Waals surface area (Å²) in [5.74, 6) is 0. The van der Waals surface area contributed by atoms with Crippen molar-refractivity contribution in [1.29, 1.82) is 0 Å². The van der Waals surface area contributed by atoms with Crippen LogP contribution in [-0.4, -0.2) is 6.04 Å². The Morgan fingerprint density at radius 2 is 2.00 bits per heavy atom. The lowest BCUT2D eigenvalue weighted by molar-refractivity contribution is 0.575. The molecule has 0 aliphatic carbocycles. The first-order chi connectivity index (χ1) is 5.83. The van der Waals surface area contributed by atoms with Gasteiger partial charge >= 0.3 is 0 Å². The van der Waals surface area contributed by atoms with Gasteiger partial charge in [-0.05, 0) is 18.9 Å². The first kappa shape index (κ1) is 9.27. The summed E-state index contributed by atoms with van der Waals surface area (Å²) in [5, 5.41) is 3.34. The highest BCUT2D eigenvalue weighted by molar-refractivity contribution is 5.14. The summed E-state index contributed by atoms with van der Waals surface area (Å²) in [5.41, 5.74) is 1.32. The minimum absolute atomic E-state index is 0.366. The molecule has 1 unspecified atom stereocenters. The maximum Gasteiger partial charge on any atom is 0.0208 e. The van der Waals surface area contributed by atoms with Crippen LogP contribution in [0.5, 0.6) is 0 Å². The second-order valence-corrected chi connectivity index (χ2v) is 2.97. The molecule has 1 nitrogen and oxygen atoms in total. The molecule has 0 amide bonds. The van der Waals surface area contributed by atoms with E-state index in [0.717, 1.165) is 13.0 Å². The monoisotopic (exact) mass is 162 g/mol. The van der Waals surface area contributed by atoms with E-state index in [1.807, 2.05) is 6.07 Å². The molecule has 0 aliphatic rings. The Kier molecular flexibility index (Phi) is 3.81. The number of benzene rings is 1. The number of rotatable bonds is 4. The zero-order valence-electron chi connectivity index (χ0n) is 7.59. The summed E-state index contributed by atoms with van der Waals surface area (Å²) < 4.78 is 0. The molecule has 0 aromatic heterocycles. The van der Waals surface area contributed by atoms with E-state index in [4.69, 9.17) is 0 Å². The number of hydrogen-bond donors (Lipinski definition) is 1. The maximum absolute atomic E-state index is 3.96. The van der Waals surface area contributed by atoms with Crippen LogP contribution in [0.3, 0.4) is 0 Å². The fourth-order valence-electron chi connectivity index (χ4n) is 1.00. The van der Waals surface area contributed by atoms with Crippen LogP contribution in [0.15, 0.2) is 30.3 Å².